The van der Waals surface area contributed by atoms with E-state index >= 15 is 0 Å². The lowest BCUT2D eigenvalue weighted by molar-refractivity contribution is -0.147. The number of oxazole rings is 1. The van der Waals surface area contributed by atoms with Crippen LogP contribution >= 0.6 is 0 Å². The number of carbonyl (C=O) groups is 1. The zero-order valence-electron chi connectivity index (χ0n) is 18.2. The van der Waals surface area contributed by atoms with Gasteiger partial charge in [-0.05, 0) is 47.2 Å². The Morgan fingerprint density at radius 2 is 1.88 bits per heavy atom. The van der Waals surface area contributed by atoms with Crippen LogP contribution in [0, 0.1) is 11.3 Å². The summed E-state index contributed by atoms with van der Waals surface area (Å²) in [5, 5.41) is 8.99. The number of aliphatic carboxylic acids is 1. The predicted molar refractivity (Wildman–Crippen MR) is 114 cm³/mol. The molecule has 0 saturated carbocycles. The summed E-state index contributed by atoms with van der Waals surface area (Å²) in [6.07, 6.45) is -4.17. The normalized spacial score (nSPS) is 15.8. The van der Waals surface area contributed by atoms with Crippen LogP contribution in [0.3, 0.4) is 0 Å². The topological polar surface area (TPSA) is 66.6 Å². The Morgan fingerprint density at radius 3 is 2.50 bits per heavy atom. The molecule has 0 atom stereocenters. The molecule has 4 rings (SSSR count). The number of hydrogen-bond donors (Lipinski definition) is 1. The van der Waals surface area contributed by atoms with Gasteiger partial charge in [-0.15, -0.1) is 0 Å². The molecule has 5 nitrogen and oxygen atoms in total. The Balaban J connectivity index is 1.60. The molecule has 1 aliphatic heterocycles. The summed E-state index contributed by atoms with van der Waals surface area (Å²) in [6, 6.07) is 9.68. The number of benzene rings is 2. The van der Waals surface area contributed by atoms with Crippen molar-refractivity contribution in [3.8, 4) is 11.5 Å². The summed E-state index contributed by atoms with van der Waals surface area (Å²) >= 11 is 0. The van der Waals surface area contributed by atoms with E-state index < -0.39 is 17.7 Å². The molecule has 0 radical (unpaired) electrons. The zero-order chi connectivity index (χ0) is 23.3. The van der Waals surface area contributed by atoms with Gasteiger partial charge in [-0.25, -0.2) is 4.98 Å². The largest absolute Gasteiger partial charge is 0.481 e. The highest BCUT2D eigenvalue weighted by atomic mass is 19.4. The van der Waals surface area contributed by atoms with Gasteiger partial charge in [-0.2, -0.15) is 13.2 Å². The minimum absolute atomic E-state index is 0.139. The van der Waals surface area contributed by atoms with Crippen molar-refractivity contribution < 1.29 is 27.5 Å². The summed E-state index contributed by atoms with van der Waals surface area (Å²) in [7, 11) is 0. The highest BCUT2D eigenvalue weighted by molar-refractivity contribution is 5.77. The van der Waals surface area contributed by atoms with Gasteiger partial charge in [0, 0.05) is 25.2 Å². The van der Waals surface area contributed by atoms with Gasteiger partial charge in [0.2, 0.25) is 5.89 Å². The maximum absolute atomic E-state index is 13.7. The number of fused-ring (bicyclic) bond motifs is 1. The quantitative estimate of drug-likeness (QED) is 0.551. The Hall–Kier alpha value is -2.87. The van der Waals surface area contributed by atoms with Crippen molar-refractivity contribution in [2.45, 2.75) is 39.9 Å². The molecule has 2 heterocycles. The summed E-state index contributed by atoms with van der Waals surface area (Å²) < 4.78 is 47.0. The molecule has 1 fully saturated rings. The third kappa shape index (κ3) is 4.80. The van der Waals surface area contributed by atoms with E-state index in [0.29, 0.717) is 37.2 Å². The Bertz CT molecular complexity index is 1160. The fourth-order valence-corrected chi connectivity index (χ4v) is 4.00. The molecular weight excluding hydrogens is 421 g/mol. The lowest BCUT2D eigenvalue weighted by atomic mass is 9.85. The predicted octanol–water partition coefficient (Wildman–Crippen LogP) is 5.62. The fourth-order valence-electron chi connectivity index (χ4n) is 4.00. The van der Waals surface area contributed by atoms with E-state index in [2.05, 4.69) is 4.98 Å². The molecule has 0 spiro atoms. The maximum Gasteiger partial charge on any atom is 0.416 e. The number of alkyl halides is 3. The van der Waals surface area contributed by atoms with E-state index in [1.165, 1.54) is 6.07 Å². The van der Waals surface area contributed by atoms with Crippen molar-refractivity contribution in [2.75, 3.05) is 13.1 Å². The molecule has 8 heteroatoms. The average molecular weight is 446 g/mol. The number of aromatic nitrogens is 1. The Kier molecular flexibility index (Phi) is 5.53. The Labute approximate surface area is 183 Å². The number of carboxylic acids is 1. The number of halogens is 3. The van der Waals surface area contributed by atoms with Crippen molar-refractivity contribution >= 4 is 17.1 Å². The van der Waals surface area contributed by atoms with Crippen molar-refractivity contribution in [1.82, 2.24) is 9.88 Å². The van der Waals surface area contributed by atoms with Gasteiger partial charge in [-0.1, -0.05) is 32.9 Å². The van der Waals surface area contributed by atoms with Gasteiger partial charge in [0.25, 0.3) is 0 Å². The lowest BCUT2D eigenvalue weighted by Crippen LogP contribution is -2.49. The molecule has 1 aliphatic rings. The molecule has 32 heavy (non-hydrogen) atoms. The third-order valence-corrected chi connectivity index (χ3v) is 5.55. The summed E-state index contributed by atoms with van der Waals surface area (Å²) in [4.78, 5) is 17.3. The van der Waals surface area contributed by atoms with Crippen LogP contribution in [0.1, 0.15) is 37.5 Å². The molecule has 2 aromatic carbocycles. The molecule has 1 aromatic heterocycles. The van der Waals surface area contributed by atoms with Crippen LogP contribution in [-0.2, 0) is 23.9 Å². The summed E-state index contributed by atoms with van der Waals surface area (Å²) in [5.74, 6) is -0.983. The number of carboxylic acid groups (broad SMARTS) is 1. The van der Waals surface area contributed by atoms with Crippen LogP contribution in [0.2, 0.25) is 0 Å². The Morgan fingerprint density at radius 1 is 1.16 bits per heavy atom. The second kappa shape index (κ2) is 7.92. The molecule has 3 aromatic rings. The van der Waals surface area contributed by atoms with Crippen LogP contribution in [0.4, 0.5) is 13.2 Å². The molecule has 0 aliphatic carbocycles. The molecule has 170 valence electrons. The summed E-state index contributed by atoms with van der Waals surface area (Å²) in [5.41, 5.74) is 1.56. The van der Waals surface area contributed by atoms with E-state index in [0.717, 1.165) is 11.6 Å². The van der Waals surface area contributed by atoms with E-state index in [-0.39, 0.29) is 28.4 Å². The SMILES string of the molecule is CC(C)(C)Cc1ccc(-c2nc3ccc(CN4CC(C(=O)O)C4)cc3o2)cc1C(F)(F)F. The van der Waals surface area contributed by atoms with E-state index in [1.807, 2.05) is 31.7 Å². The molecule has 0 bridgehead atoms. The molecular formula is C24H25F3N2O3. The first-order valence-corrected chi connectivity index (χ1v) is 10.4. The van der Waals surface area contributed by atoms with Gasteiger partial charge >= 0.3 is 12.1 Å². The van der Waals surface area contributed by atoms with Crippen LogP contribution < -0.4 is 0 Å². The number of likely N-dealkylation sites (tertiary alicyclic amines) is 1. The van der Waals surface area contributed by atoms with Gasteiger partial charge in [0.1, 0.15) is 5.52 Å². The lowest BCUT2D eigenvalue weighted by Gasteiger charge is -2.36. The fraction of sp³-hybridized carbons (Fsp3) is 0.417. The minimum atomic E-state index is -4.47. The van der Waals surface area contributed by atoms with Crippen molar-refractivity contribution in [3.05, 3.63) is 53.1 Å². The second-order valence-corrected chi connectivity index (χ2v) is 9.66. The monoisotopic (exact) mass is 446 g/mol. The first-order valence-electron chi connectivity index (χ1n) is 10.4. The molecule has 0 amide bonds. The maximum atomic E-state index is 13.7. The first kappa shape index (κ1) is 22.3. The van der Waals surface area contributed by atoms with E-state index in [9.17, 15) is 18.0 Å². The molecule has 0 unspecified atom stereocenters. The molecule has 1 N–H and O–H groups in total. The van der Waals surface area contributed by atoms with Gasteiger partial charge in [0.15, 0.2) is 5.58 Å². The standard InChI is InChI=1S/C24H25F3N2O3/c1-23(2,3)10-16-6-5-15(9-18(16)24(25,26)27)21-28-19-7-4-14(8-20(19)32-21)11-29-12-17(13-29)22(30)31/h4-9,17H,10-13H2,1-3H3,(H,30,31). The smallest absolute Gasteiger partial charge is 0.416 e. The second-order valence-electron chi connectivity index (χ2n) is 9.66. The highest BCUT2D eigenvalue weighted by Crippen LogP contribution is 2.38. The van der Waals surface area contributed by atoms with Crippen LogP contribution in [0.15, 0.2) is 40.8 Å². The van der Waals surface area contributed by atoms with Gasteiger partial charge in [-0.3, -0.25) is 9.69 Å². The number of rotatable bonds is 5. The van der Waals surface area contributed by atoms with Crippen molar-refractivity contribution in [3.63, 3.8) is 0 Å². The van der Waals surface area contributed by atoms with E-state index in [1.54, 1.807) is 18.2 Å². The van der Waals surface area contributed by atoms with E-state index in [4.69, 9.17) is 9.52 Å². The van der Waals surface area contributed by atoms with Crippen molar-refractivity contribution in [1.29, 1.82) is 0 Å². The van der Waals surface area contributed by atoms with Gasteiger partial charge in [0.05, 0.1) is 11.5 Å². The first-order chi connectivity index (χ1) is 14.9. The number of nitrogens with zero attached hydrogens (tertiary/aromatic N) is 2. The average Bonchev–Trinajstić information content (AvgIpc) is 3.05. The van der Waals surface area contributed by atoms with Crippen molar-refractivity contribution in [2.24, 2.45) is 11.3 Å². The van der Waals surface area contributed by atoms with Crippen LogP contribution in [0.5, 0.6) is 0 Å². The highest BCUT2D eigenvalue weighted by Gasteiger charge is 2.35. The number of hydrogen-bond acceptors (Lipinski definition) is 4. The minimum Gasteiger partial charge on any atom is -0.481 e. The third-order valence-electron chi connectivity index (χ3n) is 5.55. The summed E-state index contributed by atoms with van der Waals surface area (Å²) in [6.45, 7) is 7.28. The van der Waals surface area contributed by atoms with Gasteiger partial charge < -0.3 is 9.52 Å². The zero-order valence-corrected chi connectivity index (χ0v) is 18.2. The molecule has 1 saturated heterocycles. The van der Waals surface area contributed by atoms with Crippen LogP contribution in [-0.4, -0.2) is 34.0 Å². The van der Waals surface area contributed by atoms with Crippen LogP contribution in [0.25, 0.3) is 22.6 Å².